The molecule has 2 aliphatic rings. The van der Waals surface area contributed by atoms with Crippen molar-refractivity contribution in [2.45, 2.75) is 44.1 Å². The summed E-state index contributed by atoms with van der Waals surface area (Å²) in [7, 11) is 1.53. The maximum absolute atomic E-state index is 14.0. The van der Waals surface area contributed by atoms with Crippen LogP contribution in [-0.4, -0.2) is 88.4 Å². The summed E-state index contributed by atoms with van der Waals surface area (Å²) in [6.45, 7) is 4.36. The summed E-state index contributed by atoms with van der Waals surface area (Å²) in [4.78, 5) is 46.5. The van der Waals surface area contributed by atoms with E-state index in [1.165, 1.54) is 24.8 Å². The van der Waals surface area contributed by atoms with Crippen LogP contribution in [0.1, 0.15) is 69.1 Å². The minimum Gasteiger partial charge on any atom is -0.506 e. The van der Waals surface area contributed by atoms with Gasteiger partial charge >= 0.3 is 5.97 Å². The SMILES string of the molecule is COc1cc(CNC[C@H](O)c2ccc(O)c3[nH]c(=O)ccc23)ccc1C(=O)N1CC=C(c2cccc(C(O)(C(=O)OCC3CCN(Cc4ccccc4)CC3)c3ccccc3)c2)CC1. The number of benzene rings is 5. The largest absolute Gasteiger partial charge is 0.506 e. The summed E-state index contributed by atoms with van der Waals surface area (Å²) < 4.78 is 11.6. The lowest BCUT2D eigenvalue weighted by molar-refractivity contribution is -0.164. The van der Waals surface area contributed by atoms with Crippen molar-refractivity contribution in [3.05, 3.63) is 183 Å². The average molecular weight is 863 g/mol. The average Bonchev–Trinajstić information content (AvgIpc) is 3.34. The first-order chi connectivity index (χ1) is 31.1. The highest BCUT2D eigenvalue weighted by Gasteiger charge is 2.42. The number of phenolic OH excluding ortho intramolecular Hbond substituents is 1. The summed E-state index contributed by atoms with van der Waals surface area (Å²) in [5.41, 5.74) is 3.72. The lowest BCUT2D eigenvalue weighted by Crippen LogP contribution is -2.40. The van der Waals surface area contributed by atoms with E-state index < -0.39 is 17.7 Å². The number of aromatic hydroxyl groups is 1. The number of nitrogens with zero attached hydrogens (tertiary/aromatic N) is 2. The number of piperidine rings is 1. The Balaban J connectivity index is 0.890. The van der Waals surface area contributed by atoms with Crippen molar-refractivity contribution in [3.8, 4) is 11.5 Å². The predicted octanol–water partition coefficient (Wildman–Crippen LogP) is 6.69. The Labute approximate surface area is 372 Å². The topological polar surface area (TPSA) is 165 Å². The van der Waals surface area contributed by atoms with Gasteiger partial charge in [0.1, 0.15) is 11.5 Å². The number of amides is 1. The molecule has 0 radical (unpaired) electrons. The molecule has 2 atom stereocenters. The van der Waals surface area contributed by atoms with E-state index in [2.05, 4.69) is 39.5 Å². The molecule has 1 aromatic heterocycles. The zero-order valence-corrected chi connectivity index (χ0v) is 35.9. The van der Waals surface area contributed by atoms with Crippen LogP contribution in [0.15, 0.2) is 138 Å². The van der Waals surface area contributed by atoms with Crippen LogP contribution in [0.3, 0.4) is 0 Å². The van der Waals surface area contributed by atoms with E-state index in [0.717, 1.165) is 49.2 Å². The number of fused-ring (bicyclic) bond motifs is 1. The zero-order valence-electron chi connectivity index (χ0n) is 35.9. The van der Waals surface area contributed by atoms with Crippen LogP contribution in [-0.2, 0) is 28.2 Å². The molecule has 1 amide bonds. The molecule has 12 nitrogen and oxygen atoms in total. The van der Waals surface area contributed by atoms with Crippen LogP contribution in [0, 0.1) is 5.92 Å². The molecule has 0 aliphatic carbocycles. The van der Waals surface area contributed by atoms with Gasteiger partial charge in [0.15, 0.2) is 0 Å². The molecule has 1 saturated heterocycles. The molecule has 1 fully saturated rings. The number of hydrogen-bond donors (Lipinski definition) is 5. The number of carbonyl (C=O) groups is 2. The number of carbonyl (C=O) groups excluding carboxylic acids is 2. The highest BCUT2D eigenvalue weighted by atomic mass is 16.5. The number of aliphatic hydroxyl groups is 2. The number of aromatic nitrogens is 1. The third-order valence-corrected chi connectivity index (χ3v) is 12.5. The fourth-order valence-electron chi connectivity index (χ4n) is 8.80. The minimum atomic E-state index is -2.02. The van der Waals surface area contributed by atoms with Gasteiger partial charge < -0.3 is 40.0 Å². The summed E-state index contributed by atoms with van der Waals surface area (Å²) >= 11 is 0. The van der Waals surface area contributed by atoms with Gasteiger partial charge in [-0.2, -0.15) is 0 Å². The molecular formula is C52H54N4O8. The fourth-order valence-corrected chi connectivity index (χ4v) is 8.80. The second-order valence-corrected chi connectivity index (χ2v) is 16.7. The van der Waals surface area contributed by atoms with Gasteiger partial charge in [0.2, 0.25) is 11.2 Å². The lowest BCUT2D eigenvalue weighted by Gasteiger charge is -2.33. The summed E-state index contributed by atoms with van der Waals surface area (Å²) in [6, 6.07) is 38.2. The highest BCUT2D eigenvalue weighted by molar-refractivity contribution is 5.97. The molecule has 8 rings (SSSR count). The third kappa shape index (κ3) is 9.80. The maximum Gasteiger partial charge on any atom is 0.347 e. The molecule has 0 saturated carbocycles. The van der Waals surface area contributed by atoms with Crippen LogP contribution in [0.4, 0.5) is 0 Å². The first kappa shape index (κ1) is 44.1. The Morgan fingerprint density at radius 2 is 1.61 bits per heavy atom. The number of likely N-dealkylation sites (tertiary alicyclic amines) is 1. The number of phenols is 1. The number of aliphatic hydroxyl groups excluding tert-OH is 1. The third-order valence-electron chi connectivity index (χ3n) is 12.5. The second-order valence-electron chi connectivity index (χ2n) is 16.7. The highest BCUT2D eigenvalue weighted by Crippen LogP contribution is 2.35. The Morgan fingerprint density at radius 3 is 2.34 bits per heavy atom. The number of nitrogens with one attached hydrogen (secondary N) is 2. The normalized spacial score (nSPS) is 16.2. The Morgan fingerprint density at radius 1 is 0.859 bits per heavy atom. The molecule has 2 aliphatic heterocycles. The van der Waals surface area contributed by atoms with Crippen LogP contribution >= 0.6 is 0 Å². The standard InChI is InChI=1S/C52H54N4O8/c1-63-47-29-37(31-53-32-46(58)42-17-19-45(57)49-43(42)18-20-48(59)54-49)15-16-44(47)50(60)56-27-23-38(24-28-56)39-11-8-14-41(30-39)52(62,40-12-6-3-7-13-40)51(61)64-34-36-21-25-55(26-22-36)33-35-9-4-2-5-10-35/h2-20,23,29-30,36,46,53,57-58,62H,21-22,24-28,31-34H2,1H3,(H,54,59)/t46-,52?/m0/s1. The van der Waals surface area contributed by atoms with Crippen LogP contribution in [0.2, 0.25) is 0 Å². The van der Waals surface area contributed by atoms with Crippen molar-refractivity contribution in [2.75, 3.05) is 46.4 Å². The monoisotopic (exact) mass is 862 g/mol. The number of ether oxygens (including phenoxy) is 2. The van der Waals surface area contributed by atoms with Crippen molar-refractivity contribution in [1.29, 1.82) is 0 Å². The van der Waals surface area contributed by atoms with Gasteiger partial charge in [-0.25, -0.2) is 4.79 Å². The molecule has 1 unspecified atom stereocenters. The number of esters is 1. The van der Waals surface area contributed by atoms with Crippen LogP contribution in [0.5, 0.6) is 11.5 Å². The van der Waals surface area contributed by atoms with Gasteiger partial charge in [0.25, 0.3) is 5.91 Å². The van der Waals surface area contributed by atoms with Gasteiger partial charge in [-0.3, -0.25) is 14.5 Å². The molecule has 6 aromatic rings. The van der Waals surface area contributed by atoms with Gasteiger partial charge in [-0.15, -0.1) is 0 Å². The molecule has 64 heavy (non-hydrogen) atoms. The number of aromatic amines is 1. The molecule has 0 bridgehead atoms. The second kappa shape index (κ2) is 19.9. The first-order valence-electron chi connectivity index (χ1n) is 21.8. The molecule has 0 spiro atoms. The van der Waals surface area contributed by atoms with E-state index in [9.17, 15) is 29.7 Å². The number of rotatable bonds is 15. The van der Waals surface area contributed by atoms with Crippen LogP contribution in [0.25, 0.3) is 16.5 Å². The number of pyridine rings is 1. The van der Waals surface area contributed by atoms with E-state index in [1.54, 1.807) is 59.5 Å². The molecule has 330 valence electrons. The molecule has 3 heterocycles. The van der Waals surface area contributed by atoms with Gasteiger partial charge in [-0.05, 0) is 102 Å². The van der Waals surface area contributed by atoms with Gasteiger partial charge in [0.05, 0.1) is 30.9 Å². The number of H-pyrrole nitrogens is 1. The molecule has 12 heteroatoms. The Bertz CT molecular complexity index is 2680. The van der Waals surface area contributed by atoms with Crippen molar-refractivity contribution >= 4 is 28.4 Å². The van der Waals surface area contributed by atoms with E-state index in [-0.39, 0.29) is 41.8 Å². The Kier molecular flexibility index (Phi) is 13.7. The van der Waals surface area contributed by atoms with Crippen molar-refractivity contribution in [1.82, 2.24) is 20.1 Å². The van der Waals surface area contributed by atoms with Gasteiger partial charge in [0, 0.05) is 49.7 Å². The summed E-state index contributed by atoms with van der Waals surface area (Å²) in [6.07, 6.45) is 3.46. The molecule has 5 aromatic carbocycles. The van der Waals surface area contributed by atoms with E-state index in [4.69, 9.17) is 9.47 Å². The fraction of sp³-hybridized carbons (Fsp3) is 0.288. The number of hydrogen-bond acceptors (Lipinski definition) is 10. The van der Waals surface area contributed by atoms with E-state index in [0.29, 0.717) is 59.4 Å². The number of methoxy groups -OCH3 is 1. The summed E-state index contributed by atoms with van der Waals surface area (Å²) in [5.74, 6) is -0.309. The first-order valence-corrected chi connectivity index (χ1v) is 21.8. The smallest absolute Gasteiger partial charge is 0.347 e. The summed E-state index contributed by atoms with van der Waals surface area (Å²) in [5, 5.41) is 37.3. The van der Waals surface area contributed by atoms with Crippen molar-refractivity contribution < 1.29 is 34.4 Å². The van der Waals surface area contributed by atoms with E-state index >= 15 is 0 Å². The zero-order chi connectivity index (χ0) is 44.6. The molecular weight excluding hydrogens is 809 g/mol. The quantitative estimate of drug-likeness (QED) is 0.0704. The minimum absolute atomic E-state index is 0.0742. The predicted molar refractivity (Wildman–Crippen MR) is 246 cm³/mol. The van der Waals surface area contributed by atoms with Crippen molar-refractivity contribution in [2.24, 2.45) is 5.92 Å². The van der Waals surface area contributed by atoms with E-state index in [1.807, 2.05) is 42.5 Å². The van der Waals surface area contributed by atoms with Gasteiger partial charge in [-0.1, -0.05) is 97.1 Å². The lowest BCUT2D eigenvalue weighted by atomic mass is 9.84. The maximum atomic E-state index is 14.0. The molecule has 5 N–H and O–H groups in total. The van der Waals surface area contributed by atoms with Crippen LogP contribution < -0.4 is 15.6 Å². The van der Waals surface area contributed by atoms with Crippen molar-refractivity contribution in [3.63, 3.8) is 0 Å². The Hall–Kier alpha value is -6.57.